The molecule has 1 aromatic rings. The summed E-state index contributed by atoms with van der Waals surface area (Å²) in [6.07, 6.45) is 2.32. The van der Waals surface area contributed by atoms with Gasteiger partial charge in [-0.3, -0.25) is 4.79 Å². The summed E-state index contributed by atoms with van der Waals surface area (Å²) in [4.78, 5) is 17.7. The van der Waals surface area contributed by atoms with Gasteiger partial charge in [-0.2, -0.15) is 0 Å². The fourth-order valence-corrected chi connectivity index (χ4v) is 2.33. The van der Waals surface area contributed by atoms with Crippen LogP contribution in [-0.2, 0) is 6.54 Å². The number of amides is 1. The normalized spacial score (nSPS) is 17.2. The van der Waals surface area contributed by atoms with E-state index in [1.165, 1.54) is 0 Å². The number of carbonyl (C=O) groups is 1. The minimum absolute atomic E-state index is 0.422. The molecule has 2 rings (SSSR count). The van der Waals surface area contributed by atoms with Gasteiger partial charge in [0.15, 0.2) is 5.96 Å². The molecule has 4 N–H and O–H groups in total. The molecule has 0 bridgehead atoms. The van der Waals surface area contributed by atoms with Gasteiger partial charge in [0.2, 0.25) is 5.91 Å². The fraction of sp³-hybridized carbons (Fsp3) is 0.467. The average Bonchev–Trinajstić information content (AvgIpc) is 2.46. The van der Waals surface area contributed by atoms with Crippen LogP contribution in [0.4, 0.5) is 0 Å². The highest BCUT2D eigenvalue weighted by Crippen LogP contribution is 2.15. The number of hydrogen-bond acceptors (Lipinski definition) is 2. The van der Waals surface area contributed by atoms with Crippen molar-refractivity contribution in [2.45, 2.75) is 26.3 Å². The van der Waals surface area contributed by atoms with E-state index >= 15 is 0 Å². The van der Waals surface area contributed by atoms with Crippen LogP contribution in [0.25, 0.3) is 0 Å². The number of nitrogens with two attached hydrogens (primary N) is 2. The lowest BCUT2D eigenvalue weighted by Crippen LogP contribution is -2.42. The zero-order valence-electron chi connectivity index (χ0n) is 11.9. The van der Waals surface area contributed by atoms with Crippen LogP contribution in [0.2, 0.25) is 0 Å². The molecule has 1 fully saturated rings. The third-order valence-corrected chi connectivity index (χ3v) is 3.74. The van der Waals surface area contributed by atoms with Crippen LogP contribution in [0.15, 0.2) is 29.3 Å². The van der Waals surface area contributed by atoms with E-state index in [-0.39, 0.29) is 0 Å². The molecule has 108 valence electrons. The Kier molecular flexibility index (Phi) is 4.61. The molecule has 0 radical (unpaired) electrons. The standard InChI is InChI=1S/C15H22N4O/c1-11-5-7-19(8-6-11)15(17)18-10-12-3-2-4-13(9-12)14(16)20/h2-4,9,11H,5-8,10H2,1H3,(H2,16,20)(H2,17,18). The molecule has 0 atom stereocenters. The Morgan fingerprint density at radius 2 is 2.05 bits per heavy atom. The summed E-state index contributed by atoms with van der Waals surface area (Å²) in [6.45, 7) is 4.68. The first-order valence-corrected chi connectivity index (χ1v) is 7.00. The third kappa shape index (κ3) is 3.73. The number of guanidine groups is 1. The maximum Gasteiger partial charge on any atom is 0.248 e. The van der Waals surface area contributed by atoms with Gasteiger partial charge >= 0.3 is 0 Å². The molecule has 0 unspecified atom stereocenters. The van der Waals surface area contributed by atoms with Crippen molar-refractivity contribution < 1.29 is 4.79 Å². The van der Waals surface area contributed by atoms with Crippen molar-refractivity contribution in [2.24, 2.45) is 22.4 Å². The summed E-state index contributed by atoms with van der Waals surface area (Å²) in [6, 6.07) is 7.19. The number of primary amides is 1. The van der Waals surface area contributed by atoms with Crippen molar-refractivity contribution >= 4 is 11.9 Å². The quantitative estimate of drug-likeness (QED) is 0.644. The van der Waals surface area contributed by atoms with E-state index < -0.39 is 5.91 Å². The molecule has 5 heteroatoms. The Balaban J connectivity index is 1.98. The highest BCUT2D eigenvalue weighted by atomic mass is 16.1. The first-order chi connectivity index (χ1) is 9.56. The van der Waals surface area contributed by atoms with Crippen molar-refractivity contribution in [3.8, 4) is 0 Å². The van der Waals surface area contributed by atoms with Gasteiger partial charge in [-0.25, -0.2) is 4.99 Å². The van der Waals surface area contributed by atoms with Crippen LogP contribution in [0, 0.1) is 5.92 Å². The zero-order chi connectivity index (χ0) is 14.5. The molecule has 0 spiro atoms. The molecule has 0 saturated carbocycles. The minimum atomic E-state index is -0.422. The van der Waals surface area contributed by atoms with Crippen LogP contribution in [0.1, 0.15) is 35.7 Å². The van der Waals surface area contributed by atoms with Gasteiger partial charge in [0.25, 0.3) is 0 Å². The molecule has 1 aromatic carbocycles. The van der Waals surface area contributed by atoms with Crippen LogP contribution >= 0.6 is 0 Å². The molecule has 1 aliphatic rings. The number of benzene rings is 1. The van der Waals surface area contributed by atoms with Crippen molar-refractivity contribution in [1.29, 1.82) is 0 Å². The molecule has 0 aromatic heterocycles. The number of rotatable bonds is 3. The second-order valence-electron chi connectivity index (χ2n) is 5.41. The molecular formula is C15H22N4O. The van der Waals surface area contributed by atoms with E-state index in [4.69, 9.17) is 11.5 Å². The van der Waals surface area contributed by atoms with Crippen molar-refractivity contribution in [1.82, 2.24) is 4.90 Å². The molecule has 1 heterocycles. The van der Waals surface area contributed by atoms with E-state index in [2.05, 4.69) is 16.8 Å². The summed E-state index contributed by atoms with van der Waals surface area (Å²) in [5, 5.41) is 0. The smallest absolute Gasteiger partial charge is 0.248 e. The monoisotopic (exact) mass is 274 g/mol. The predicted molar refractivity (Wildman–Crippen MR) is 80.3 cm³/mol. The topological polar surface area (TPSA) is 84.7 Å². The molecule has 1 amide bonds. The largest absolute Gasteiger partial charge is 0.370 e. The van der Waals surface area contributed by atoms with Gasteiger partial charge < -0.3 is 16.4 Å². The predicted octanol–water partition coefficient (Wildman–Crippen LogP) is 1.33. The van der Waals surface area contributed by atoms with Gasteiger partial charge in [0.1, 0.15) is 0 Å². The summed E-state index contributed by atoms with van der Waals surface area (Å²) in [7, 11) is 0. The second-order valence-corrected chi connectivity index (χ2v) is 5.41. The Morgan fingerprint density at radius 1 is 1.35 bits per heavy atom. The summed E-state index contributed by atoms with van der Waals surface area (Å²) in [5.74, 6) is 0.932. The summed E-state index contributed by atoms with van der Waals surface area (Å²) >= 11 is 0. The number of aliphatic imine (C=N–C) groups is 1. The van der Waals surface area contributed by atoms with Crippen molar-refractivity contribution in [3.63, 3.8) is 0 Å². The third-order valence-electron chi connectivity index (χ3n) is 3.74. The lowest BCUT2D eigenvalue weighted by atomic mass is 10.00. The van der Waals surface area contributed by atoms with Crippen LogP contribution in [0.3, 0.4) is 0 Å². The van der Waals surface area contributed by atoms with E-state index in [0.717, 1.165) is 37.4 Å². The zero-order valence-corrected chi connectivity index (χ0v) is 11.9. The molecule has 20 heavy (non-hydrogen) atoms. The van der Waals surface area contributed by atoms with Crippen LogP contribution < -0.4 is 11.5 Å². The Morgan fingerprint density at radius 3 is 2.70 bits per heavy atom. The highest BCUT2D eigenvalue weighted by molar-refractivity contribution is 5.92. The number of likely N-dealkylation sites (tertiary alicyclic amines) is 1. The Hall–Kier alpha value is -2.04. The Bertz CT molecular complexity index is 504. The van der Waals surface area contributed by atoms with Crippen LogP contribution in [0.5, 0.6) is 0 Å². The van der Waals surface area contributed by atoms with Crippen LogP contribution in [-0.4, -0.2) is 29.9 Å². The first kappa shape index (κ1) is 14.4. The highest BCUT2D eigenvalue weighted by Gasteiger charge is 2.16. The number of hydrogen-bond donors (Lipinski definition) is 2. The molecule has 1 saturated heterocycles. The van der Waals surface area contributed by atoms with Gasteiger partial charge in [0.05, 0.1) is 6.54 Å². The number of piperidine rings is 1. The first-order valence-electron chi connectivity index (χ1n) is 7.00. The Labute approximate surface area is 119 Å². The number of nitrogens with zero attached hydrogens (tertiary/aromatic N) is 2. The molecule has 5 nitrogen and oxygen atoms in total. The van der Waals surface area contributed by atoms with E-state index in [1.54, 1.807) is 12.1 Å². The molecule has 1 aliphatic heterocycles. The minimum Gasteiger partial charge on any atom is -0.370 e. The van der Waals surface area contributed by atoms with Crippen molar-refractivity contribution in [3.05, 3.63) is 35.4 Å². The molecule has 0 aliphatic carbocycles. The second kappa shape index (κ2) is 6.41. The van der Waals surface area contributed by atoms with E-state index in [0.29, 0.717) is 18.1 Å². The van der Waals surface area contributed by atoms with Gasteiger partial charge in [0, 0.05) is 18.7 Å². The van der Waals surface area contributed by atoms with E-state index in [9.17, 15) is 4.79 Å². The summed E-state index contributed by atoms with van der Waals surface area (Å²) in [5.41, 5.74) is 12.7. The molecular weight excluding hydrogens is 252 g/mol. The van der Waals surface area contributed by atoms with Gasteiger partial charge in [-0.15, -0.1) is 0 Å². The van der Waals surface area contributed by atoms with Gasteiger partial charge in [-0.05, 0) is 36.5 Å². The number of carbonyl (C=O) groups excluding carboxylic acids is 1. The van der Waals surface area contributed by atoms with Gasteiger partial charge in [-0.1, -0.05) is 19.1 Å². The maximum atomic E-state index is 11.1. The fourth-order valence-electron chi connectivity index (χ4n) is 2.33. The van der Waals surface area contributed by atoms with Crippen molar-refractivity contribution in [2.75, 3.05) is 13.1 Å². The lowest BCUT2D eigenvalue weighted by molar-refractivity contribution is 0.1000. The lowest BCUT2D eigenvalue weighted by Gasteiger charge is -2.31. The van der Waals surface area contributed by atoms with E-state index in [1.807, 2.05) is 12.1 Å². The maximum absolute atomic E-state index is 11.1. The average molecular weight is 274 g/mol. The summed E-state index contributed by atoms with van der Waals surface area (Å²) < 4.78 is 0. The SMILES string of the molecule is CC1CCN(C(N)=NCc2cccc(C(N)=O)c2)CC1.